The highest BCUT2D eigenvalue weighted by Crippen LogP contribution is 2.23. The van der Waals surface area contributed by atoms with Gasteiger partial charge in [-0.1, -0.05) is 12.8 Å². The Morgan fingerprint density at radius 2 is 2.08 bits per heavy atom. The number of allylic oxidation sites excluding steroid dienone is 1. The van der Waals surface area contributed by atoms with Gasteiger partial charge in [0, 0.05) is 19.2 Å². The smallest absolute Gasteiger partial charge is 0.280 e. The number of amides is 2. The molecule has 2 amide bonds. The molecule has 0 spiro atoms. The summed E-state index contributed by atoms with van der Waals surface area (Å²) in [6, 6.07) is 0.318. The summed E-state index contributed by atoms with van der Waals surface area (Å²) in [5, 5.41) is 3.04. The monoisotopic (exact) mass is 377 g/mol. The van der Waals surface area contributed by atoms with Gasteiger partial charge in [-0.15, -0.1) is 11.8 Å². The van der Waals surface area contributed by atoms with Gasteiger partial charge in [0.15, 0.2) is 0 Å². The Morgan fingerprint density at radius 1 is 1.31 bits per heavy atom. The van der Waals surface area contributed by atoms with Gasteiger partial charge in [0.05, 0.1) is 29.9 Å². The van der Waals surface area contributed by atoms with E-state index in [2.05, 4.69) is 15.3 Å². The predicted molar refractivity (Wildman–Crippen MR) is 102 cm³/mol. The summed E-state index contributed by atoms with van der Waals surface area (Å²) in [6.45, 7) is 0. The molecule has 1 saturated carbocycles. The van der Waals surface area contributed by atoms with Gasteiger partial charge < -0.3 is 14.8 Å². The van der Waals surface area contributed by atoms with Crippen molar-refractivity contribution in [2.45, 2.75) is 37.8 Å². The highest BCUT2D eigenvalue weighted by atomic mass is 32.2. The fourth-order valence-corrected chi connectivity index (χ4v) is 3.91. The molecule has 1 fully saturated rings. The Balaban J connectivity index is 1.56. The molecule has 26 heavy (non-hydrogen) atoms. The Kier molecular flexibility index (Phi) is 6.26. The third-order valence-electron chi connectivity index (χ3n) is 4.54. The molecule has 0 aromatic heterocycles. The number of nitrogens with one attached hydrogen (secondary N) is 1. The van der Waals surface area contributed by atoms with Crippen LogP contribution in [-0.4, -0.2) is 61.2 Å². The molecule has 2 aliphatic carbocycles. The minimum Gasteiger partial charge on any atom is -0.498 e. The molecule has 1 N–H and O–H groups in total. The number of rotatable bonds is 7. The number of nitrogens with zero attached hydrogens (tertiary/aromatic N) is 2. The van der Waals surface area contributed by atoms with Gasteiger partial charge in [0.2, 0.25) is 5.91 Å². The molecule has 140 valence electrons. The van der Waals surface area contributed by atoms with E-state index in [1.54, 1.807) is 26.4 Å². The molecule has 1 heterocycles. The number of thioether (sulfide) groups is 1. The zero-order chi connectivity index (χ0) is 18.5. The van der Waals surface area contributed by atoms with Crippen molar-refractivity contribution < 1.29 is 19.1 Å². The van der Waals surface area contributed by atoms with Crippen molar-refractivity contribution in [2.24, 2.45) is 9.98 Å². The molecule has 1 aliphatic heterocycles. The lowest BCUT2D eigenvalue weighted by molar-refractivity contribution is -0.119. The second kappa shape index (κ2) is 8.64. The molecule has 0 bridgehead atoms. The van der Waals surface area contributed by atoms with Gasteiger partial charge in [-0.25, -0.2) is 4.99 Å². The first-order chi connectivity index (χ1) is 12.6. The van der Waals surface area contributed by atoms with Crippen LogP contribution in [0.3, 0.4) is 0 Å². The predicted octanol–water partition coefficient (Wildman–Crippen LogP) is 1.64. The van der Waals surface area contributed by atoms with Gasteiger partial charge >= 0.3 is 0 Å². The zero-order valence-corrected chi connectivity index (χ0v) is 15.8. The first-order valence-electron chi connectivity index (χ1n) is 8.69. The van der Waals surface area contributed by atoms with Crippen molar-refractivity contribution in [3.05, 3.63) is 23.5 Å². The first-order valence-corrected chi connectivity index (χ1v) is 9.84. The third kappa shape index (κ3) is 4.42. The average molecular weight is 377 g/mol. The molecular formula is C18H23N3O4S. The second-order valence-electron chi connectivity index (χ2n) is 6.36. The fourth-order valence-electron chi connectivity index (χ4n) is 3.23. The van der Waals surface area contributed by atoms with E-state index in [1.807, 2.05) is 0 Å². The molecule has 0 aromatic carbocycles. The second-order valence-corrected chi connectivity index (χ2v) is 7.34. The van der Waals surface area contributed by atoms with Gasteiger partial charge in [-0.2, -0.15) is 4.99 Å². The lowest BCUT2D eigenvalue weighted by Crippen LogP contribution is -2.34. The van der Waals surface area contributed by atoms with Crippen LogP contribution in [0.5, 0.6) is 0 Å². The molecular weight excluding hydrogens is 354 g/mol. The van der Waals surface area contributed by atoms with Crippen LogP contribution in [0.25, 0.3) is 0 Å². The number of amidine groups is 1. The van der Waals surface area contributed by atoms with Crippen LogP contribution in [0.4, 0.5) is 0 Å². The molecule has 3 rings (SSSR count). The van der Waals surface area contributed by atoms with Gasteiger partial charge in [0.1, 0.15) is 17.7 Å². The Morgan fingerprint density at radius 3 is 2.77 bits per heavy atom. The minimum absolute atomic E-state index is 0.0278. The summed E-state index contributed by atoms with van der Waals surface area (Å²) in [5.41, 5.74) is 0.950. The number of aliphatic imine (C=N–C) groups is 2. The van der Waals surface area contributed by atoms with Crippen LogP contribution in [0.1, 0.15) is 25.7 Å². The SMILES string of the molecule is COC1=CC2=NC(CSCC(=O)NC3CCCC3)=NC(=O)C2=CC1OC. The summed E-state index contributed by atoms with van der Waals surface area (Å²) in [6.07, 6.45) is 7.46. The molecule has 7 nitrogen and oxygen atoms in total. The highest BCUT2D eigenvalue weighted by molar-refractivity contribution is 8.00. The molecule has 8 heteroatoms. The largest absolute Gasteiger partial charge is 0.498 e. The van der Waals surface area contributed by atoms with Crippen molar-refractivity contribution in [3.8, 4) is 0 Å². The number of ether oxygens (including phenoxy) is 2. The standard InChI is InChI=1S/C18H23N3O4S/c1-24-14-7-12-13(8-15(14)25-2)20-16(21-18(12)23)9-26-10-17(22)19-11-5-3-4-6-11/h7-8,11,14H,3-6,9-10H2,1-2H3,(H,19,22). The van der Waals surface area contributed by atoms with E-state index < -0.39 is 6.10 Å². The van der Waals surface area contributed by atoms with Gasteiger partial charge in [0.25, 0.3) is 5.91 Å². The van der Waals surface area contributed by atoms with E-state index in [-0.39, 0.29) is 11.8 Å². The first kappa shape index (κ1) is 18.8. The number of methoxy groups -OCH3 is 2. The summed E-state index contributed by atoms with van der Waals surface area (Å²) in [7, 11) is 3.10. The van der Waals surface area contributed by atoms with Crippen molar-refractivity contribution >= 4 is 35.1 Å². The number of carbonyl (C=O) groups is 2. The lowest BCUT2D eigenvalue weighted by Gasteiger charge is -2.22. The summed E-state index contributed by atoms with van der Waals surface area (Å²) >= 11 is 1.41. The van der Waals surface area contributed by atoms with E-state index >= 15 is 0 Å². The fraction of sp³-hybridized carbons (Fsp3) is 0.556. The average Bonchev–Trinajstić information content (AvgIpc) is 3.13. The lowest BCUT2D eigenvalue weighted by atomic mass is 9.99. The Hall–Kier alpha value is -1.93. The summed E-state index contributed by atoms with van der Waals surface area (Å²) < 4.78 is 10.6. The number of carbonyl (C=O) groups excluding carboxylic acids is 2. The number of hydrogen-bond donors (Lipinski definition) is 1. The van der Waals surface area contributed by atoms with E-state index in [9.17, 15) is 9.59 Å². The van der Waals surface area contributed by atoms with E-state index in [4.69, 9.17) is 9.47 Å². The minimum atomic E-state index is -0.414. The maximum Gasteiger partial charge on any atom is 0.280 e. The van der Waals surface area contributed by atoms with Gasteiger partial charge in [-0.05, 0) is 18.9 Å². The zero-order valence-electron chi connectivity index (χ0n) is 15.0. The molecule has 1 atom stereocenters. The number of hydrogen-bond acceptors (Lipinski definition) is 6. The third-order valence-corrected chi connectivity index (χ3v) is 5.47. The van der Waals surface area contributed by atoms with Crippen LogP contribution < -0.4 is 5.32 Å². The van der Waals surface area contributed by atoms with Crippen LogP contribution in [0.2, 0.25) is 0 Å². The molecule has 0 saturated heterocycles. The van der Waals surface area contributed by atoms with Crippen molar-refractivity contribution in [2.75, 3.05) is 25.7 Å². The quantitative estimate of drug-likeness (QED) is 0.729. The summed E-state index contributed by atoms with van der Waals surface area (Å²) in [5.74, 6) is 1.44. The Labute approximate surface area is 157 Å². The maximum atomic E-state index is 12.3. The highest BCUT2D eigenvalue weighted by Gasteiger charge is 2.29. The molecule has 0 radical (unpaired) electrons. The van der Waals surface area contributed by atoms with E-state index in [0.29, 0.717) is 40.4 Å². The van der Waals surface area contributed by atoms with Crippen molar-refractivity contribution in [1.82, 2.24) is 5.32 Å². The van der Waals surface area contributed by atoms with Crippen LogP contribution >= 0.6 is 11.8 Å². The normalized spacial score (nSPS) is 22.8. The van der Waals surface area contributed by atoms with Crippen LogP contribution in [0, 0.1) is 0 Å². The Bertz CT molecular complexity index is 705. The van der Waals surface area contributed by atoms with Crippen LogP contribution in [0.15, 0.2) is 33.5 Å². The molecule has 3 aliphatic rings. The molecule has 0 aromatic rings. The van der Waals surface area contributed by atoms with Crippen molar-refractivity contribution in [3.63, 3.8) is 0 Å². The molecule has 1 unspecified atom stereocenters. The van der Waals surface area contributed by atoms with Crippen LogP contribution in [-0.2, 0) is 19.1 Å². The topological polar surface area (TPSA) is 89.4 Å². The summed E-state index contributed by atoms with van der Waals surface area (Å²) in [4.78, 5) is 32.7. The maximum absolute atomic E-state index is 12.3. The van der Waals surface area contributed by atoms with Crippen molar-refractivity contribution in [1.29, 1.82) is 0 Å². The van der Waals surface area contributed by atoms with E-state index in [1.165, 1.54) is 24.6 Å². The van der Waals surface area contributed by atoms with Gasteiger partial charge in [-0.3, -0.25) is 9.59 Å². The number of fused-ring (bicyclic) bond motifs is 1. The van der Waals surface area contributed by atoms with E-state index in [0.717, 1.165) is 12.8 Å².